The molecule has 0 aromatic rings. The van der Waals surface area contributed by atoms with Crippen LogP contribution in [0.2, 0.25) is 0 Å². The van der Waals surface area contributed by atoms with Gasteiger partial charge in [0.1, 0.15) is 0 Å². The zero-order chi connectivity index (χ0) is 18.8. The molecule has 5 N–H and O–H groups in total. The molecule has 0 spiro atoms. The van der Waals surface area contributed by atoms with Crippen molar-refractivity contribution in [3.8, 4) is 0 Å². The van der Waals surface area contributed by atoms with E-state index in [1.807, 2.05) is 0 Å². The maximum absolute atomic E-state index is 12.1. The van der Waals surface area contributed by atoms with Crippen molar-refractivity contribution in [1.82, 2.24) is 16.0 Å². The lowest BCUT2D eigenvalue weighted by Gasteiger charge is -2.18. The van der Waals surface area contributed by atoms with Crippen molar-refractivity contribution in [2.24, 2.45) is 16.1 Å². The molecule has 9 nitrogen and oxygen atoms in total. The van der Waals surface area contributed by atoms with Gasteiger partial charge in [0.05, 0.1) is 17.9 Å². The van der Waals surface area contributed by atoms with Crippen molar-refractivity contribution in [3.63, 3.8) is 0 Å². The molecule has 2 rings (SSSR count). The maximum atomic E-state index is 12.1. The number of ether oxygens (including phenoxy) is 1. The van der Waals surface area contributed by atoms with Crippen LogP contribution in [-0.2, 0) is 9.53 Å². The zero-order valence-corrected chi connectivity index (χ0v) is 15.3. The highest BCUT2D eigenvalue weighted by molar-refractivity contribution is 5.92. The van der Waals surface area contributed by atoms with Crippen LogP contribution in [0, 0.1) is 17.0 Å². The Morgan fingerprint density at radius 3 is 2.46 bits per heavy atom. The summed E-state index contributed by atoms with van der Waals surface area (Å²) >= 11 is 0. The van der Waals surface area contributed by atoms with E-state index in [4.69, 9.17) is 15.8 Å². The summed E-state index contributed by atoms with van der Waals surface area (Å²) in [6.07, 6.45) is 8.93. The second kappa shape index (κ2) is 10.6. The smallest absolute Gasteiger partial charge is 0.273 e. The number of carbonyl (C=O) groups excluding carboxylic acids is 1. The summed E-state index contributed by atoms with van der Waals surface area (Å²) in [7, 11) is 0. The summed E-state index contributed by atoms with van der Waals surface area (Å²) in [5, 5.41) is 15.6. The van der Waals surface area contributed by atoms with Crippen LogP contribution in [-0.4, -0.2) is 37.7 Å². The van der Waals surface area contributed by atoms with Crippen molar-refractivity contribution in [2.45, 2.75) is 51.2 Å². The molecule has 0 radical (unpaired) electrons. The van der Waals surface area contributed by atoms with Gasteiger partial charge >= 0.3 is 0 Å². The molecular formula is C17H29N7O2. The lowest BCUT2D eigenvalue weighted by Crippen LogP contribution is -2.34. The molecule has 0 aromatic heterocycles. The first kappa shape index (κ1) is 20.0. The topological polar surface area (TPSA) is 135 Å². The van der Waals surface area contributed by atoms with E-state index in [1.165, 1.54) is 6.20 Å². The molecule has 0 aromatic carbocycles. The number of unbranched alkanes of at least 4 members (excludes halogenated alkanes) is 1. The fourth-order valence-corrected chi connectivity index (χ4v) is 3.30. The van der Waals surface area contributed by atoms with Crippen LogP contribution in [0.25, 0.3) is 0 Å². The Kier molecular flexibility index (Phi) is 8.20. The number of amides is 1. The highest BCUT2D eigenvalue weighted by Gasteiger charge is 2.40. The van der Waals surface area contributed by atoms with Crippen molar-refractivity contribution < 1.29 is 9.53 Å². The Labute approximate surface area is 154 Å². The van der Waals surface area contributed by atoms with Gasteiger partial charge in [-0.2, -0.15) is 10.2 Å². The Balaban J connectivity index is 1.58. The summed E-state index contributed by atoms with van der Waals surface area (Å²) in [5.74, 6) is 0.0578. The standard InChI is InChI=1S/C17H29N7O2/c1-12(23-18)9-20-6-2-3-7-21-11-15(24-19)17(25)22-10-13-8-14-4-5-16(13)26-14/h9,11,13-14,16,18-21H,2-8,10H2,1H3,(H,22,25)/b12-9-,15-11-,23-18?,24-19?. The molecule has 2 bridgehead atoms. The summed E-state index contributed by atoms with van der Waals surface area (Å²) < 4.78 is 5.78. The number of nitrogens with one attached hydrogen (secondary N) is 5. The molecule has 3 unspecified atom stereocenters. The average Bonchev–Trinajstić information content (AvgIpc) is 3.27. The fraction of sp³-hybridized carbons (Fsp3) is 0.706. The molecule has 144 valence electrons. The van der Waals surface area contributed by atoms with E-state index in [0.29, 0.717) is 30.8 Å². The molecule has 3 atom stereocenters. The summed E-state index contributed by atoms with van der Waals surface area (Å²) in [5.41, 5.74) is 14.7. The molecule has 2 fully saturated rings. The third-order valence-electron chi connectivity index (χ3n) is 4.73. The third-order valence-corrected chi connectivity index (χ3v) is 4.73. The van der Waals surface area contributed by atoms with Crippen LogP contribution >= 0.6 is 0 Å². The fourth-order valence-electron chi connectivity index (χ4n) is 3.30. The quantitative estimate of drug-likeness (QED) is 0.207. The Morgan fingerprint density at radius 1 is 1.15 bits per heavy atom. The Morgan fingerprint density at radius 2 is 1.88 bits per heavy atom. The highest BCUT2D eigenvalue weighted by atomic mass is 16.5. The first-order valence-corrected chi connectivity index (χ1v) is 9.16. The molecular weight excluding hydrogens is 334 g/mol. The molecule has 2 aliphatic rings. The first-order valence-electron chi connectivity index (χ1n) is 9.16. The molecule has 2 heterocycles. The van der Waals surface area contributed by atoms with Crippen LogP contribution in [0.1, 0.15) is 39.0 Å². The molecule has 0 aliphatic carbocycles. The van der Waals surface area contributed by atoms with Crippen molar-refractivity contribution in [2.75, 3.05) is 19.6 Å². The van der Waals surface area contributed by atoms with Crippen LogP contribution < -0.4 is 16.0 Å². The minimum atomic E-state index is -0.323. The zero-order valence-electron chi connectivity index (χ0n) is 15.3. The van der Waals surface area contributed by atoms with Gasteiger partial charge in [0.15, 0.2) is 5.70 Å². The van der Waals surface area contributed by atoms with Gasteiger partial charge in [-0.1, -0.05) is 0 Å². The number of nitrogens with zero attached hydrogens (tertiary/aromatic N) is 2. The number of rotatable bonds is 12. The van der Waals surface area contributed by atoms with Gasteiger partial charge in [-0.3, -0.25) is 4.79 Å². The monoisotopic (exact) mass is 363 g/mol. The van der Waals surface area contributed by atoms with E-state index < -0.39 is 0 Å². The predicted molar refractivity (Wildman–Crippen MR) is 96.4 cm³/mol. The van der Waals surface area contributed by atoms with E-state index in [1.54, 1.807) is 13.1 Å². The molecule has 2 aliphatic heterocycles. The predicted octanol–water partition coefficient (Wildman–Crippen LogP) is 2.39. The van der Waals surface area contributed by atoms with Crippen LogP contribution in [0.3, 0.4) is 0 Å². The lowest BCUT2D eigenvalue weighted by molar-refractivity contribution is -0.117. The second-order valence-corrected chi connectivity index (χ2v) is 6.73. The Bertz CT molecular complexity index is 561. The normalized spacial score (nSPS) is 25.0. The summed E-state index contributed by atoms with van der Waals surface area (Å²) in [6, 6.07) is 0. The summed E-state index contributed by atoms with van der Waals surface area (Å²) in [6.45, 7) is 3.82. The van der Waals surface area contributed by atoms with Gasteiger partial charge in [0, 0.05) is 38.0 Å². The van der Waals surface area contributed by atoms with Gasteiger partial charge < -0.3 is 20.7 Å². The molecule has 1 amide bonds. The van der Waals surface area contributed by atoms with E-state index in [-0.39, 0.29) is 17.7 Å². The summed E-state index contributed by atoms with van der Waals surface area (Å²) in [4.78, 5) is 12.1. The SMILES string of the molecule is C/C(=C/NCCCCN/C=C(\N=N)C(=O)NCC1CC2CCC1O2)N=N. The van der Waals surface area contributed by atoms with Crippen molar-refractivity contribution in [3.05, 3.63) is 23.8 Å². The molecule has 2 saturated heterocycles. The minimum Gasteiger partial charge on any atom is -0.389 e. The third kappa shape index (κ3) is 6.21. The lowest BCUT2D eigenvalue weighted by atomic mass is 9.89. The van der Waals surface area contributed by atoms with Gasteiger partial charge in [-0.05, 0) is 39.0 Å². The number of fused-ring (bicyclic) bond motifs is 2. The van der Waals surface area contributed by atoms with E-state index >= 15 is 0 Å². The largest absolute Gasteiger partial charge is 0.389 e. The van der Waals surface area contributed by atoms with E-state index in [0.717, 1.165) is 38.6 Å². The van der Waals surface area contributed by atoms with Crippen LogP contribution in [0.4, 0.5) is 0 Å². The average molecular weight is 363 g/mol. The highest BCUT2D eigenvalue weighted by Crippen LogP contribution is 2.38. The Hall–Kier alpha value is -2.29. The second-order valence-electron chi connectivity index (χ2n) is 6.73. The number of allylic oxidation sites excluding steroid dienone is 1. The molecule has 26 heavy (non-hydrogen) atoms. The number of hydrogen-bond acceptors (Lipinski definition) is 8. The maximum Gasteiger partial charge on any atom is 0.273 e. The molecule has 0 saturated carbocycles. The van der Waals surface area contributed by atoms with Gasteiger partial charge in [0.25, 0.3) is 5.91 Å². The van der Waals surface area contributed by atoms with Gasteiger partial charge in [-0.15, -0.1) is 0 Å². The van der Waals surface area contributed by atoms with Crippen molar-refractivity contribution in [1.29, 1.82) is 11.1 Å². The van der Waals surface area contributed by atoms with Gasteiger partial charge in [0.2, 0.25) is 0 Å². The van der Waals surface area contributed by atoms with Crippen LogP contribution in [0.15, 0.2) is 34.0 Å². The minimum absolute atomic E-state index is 0.0859. The van der Waals surface area contributed by atoms with E-state index in [9.17, 15) is 4.79 Å². The van der Waals surface area contributed by atoms with Crippen molar-refractivity contribution >= 4 is 5.91 Å². The van der Waals surface area contributed by atoms with E-state index in [2.05, 4.69) is 26.2 Å². The molecule has 9 heteroatoms. The van der Waals surface area contributed by atoms with Crippen LogP contribution in [0.5, 0.6) is 0 Å². The number of hydrogen-bond donors (Lipinski definition) is 5. The first-order chi connectivity index (χ1) is 12.6. The van der Waals surface area contributed by atoms with Gasteiger partial charge in [-0.25, -0.2) is 11.1 Å². The number of carbonyl (C=O) groups is 1.